The third-order valence-corrected chi connectivity index (χ3v) is 4.24. The summed E-state index contributed by atoms with van der Waals surface area (Å²) in [6, 6.07) is 3.67. The number of carbonyl (C=O) groups is 1. The minimum atomic E-state index is 0.0418. The van der Waals surface area contributed by atoms with Gasteiger partial charge < -0.3 is 4.42 Å². The second-order valence-electron chi connectivity index (χ2n) is 4.95. The number of unbranched alkanes of at least 4 members (excludes halogenated alkanes) is 2. The van der Waals surface area contributed by atoms with Crippen LogP contribution in [0.25, 0.3) is 6.08 Å². The summed E-state index contributed by atoms with van der Waals surface area (Å²) in [6.07, 6.45) is 7.63. The van der Waals surface area contributed by atoms with E-state index in [1.165, 1.54) is 11.8 Å². The van der Waals surface area contributed by atoms with Crippen molar-refractivity contribution >= 4 is 28.9 Å². The van der Waals surface area contributed by atoms with Crippen LogP contribution in [-0.2, 0) is 4.79 Å². The smallest absolute Gasteiger partial charge is 0.266 e. The summed E-state index contributed by atoms with van der Waals surface area (Å²) in [7, 11) is 0. The third-order valence-electron chi connectivity index (χ3n) is 3.20. The molecule has 1 saturated heterocycles. The van der Waals surface area contributed by atoms with Crippen LogP contribution < -0.4 is 0 Å². The van der Waals surface area contributed by atoms with Gasteiger partial charge in [-0.3, -0.25) is 14.7 Å². The Morgan fingerprint density at radius 1 is 1.33 bits per heavy atom. The Morgan fingerprint density at radius 3 is 2.81 bits per heavy atom. The van der Waals surface area contributed by atoms with Gasteiger partial charge in [0.15, 0.2) is 5.17 Å². The molecule has 1 amide bonds. The maximum Gasteiger partial charge on any atom is 0.266 e. The van der Waals surface area contributed by atoms with Gasteiger partial charge in [0.1, 0.15) is 5.76 Å². The van der Waals surface area contributed by atoms with Crippen LogP contribution in [0.4, 0.5) is 0 Å². The van der Waals surface area contributed by atoms with Gasteiger partial charge in [-0.2, -0.15) is 0 Å². The van der Waals surface area contributed by atoms with Gasteiger partial charge in [0.25, 0.3) is 5.91 Å². The lowest BCUT2D eigenvalue weighted by Gasteiger charge is -2.14. The summed E-state index contributed by atoms with van der Waals surface area (Å²) in [5, 5.41) is 0.833. The van der Waals surface area contributed by atoms with Crippen LogP contribution >= 0.6 is 11.8 Å². The van der Waals surface area contributed by atoms with Crippen LogP contribution in [-0.4, -0.2) is 29.1 Å². The van der Waals surface area contributed by atoms with E-state index in [1.54, 1.807) is 17.2 Å². The van der Waals surface area contributed by atoms with Crippen molar-refractivity contribution in [3.05, 3.63) is 29.1 Å². The molecule has 21 heavy (non-hydrogen) atoms. The van der Waals surface area contributed by atoms with E-state index < -0.39 is 0 Å². The first-order valence-electron chi connectivity index (χ1n) is 7.55. The molecule has 0 radical (unpaired) electrons. The summed E-state index contributed by atoms with van der Waals surface area (Å²) in [5.74, 6) is 0.746. The highest BCUT2D eigenvalue weighted by molar-refractivity contribution is 8.18. The molecule has 1 aromatic heterocycles. The molecule has 2 rings (SSSR count). The molecule has 114 valence electrons. The van der Waals surface area contributed by atoms with Gasteiger partial charge in [-0.05, 0) is 36.7 Å². The molecule has 1 aromatic rings. The van der Waals surface area contributed by atoms with Crippen LogP contribution in [0.5, 0.6) is 0 Å². The number of rotatable bonds is 7. The molecule has 0 saturated carbocycles. The molecule has 0 unspecified atom stereocenters. The number of amidine groups is 1. The standard InChI is InChI=1S/C16H22N2O2S/c1-3-5-9-17-16-18(10-6-4-2)15(19)14(21-16)12-13-8-7-11-20-13/h7-8,11-12H,3-6,9-10H2,1-2H3/b14-12+,17-16?. The lowest BCUT2D eigenvalue weighted by atomic mass is 10.3. The molecule has 0 spiro atoms. The van der Waals surface area contributed by atoms with Crippen molar-refractivity contribution in [3.63, 3.8) is 0 Å². The summed E-state index contributed by atoms with van der Waals surface area (Å²) in [5.41, 5.74) is 0. The lowest BCUT2D eigenvalue weighted by Crippen LogP contribution is -2.30. The Labute approximate surface area is 130 Å². The van der Waals surface area contributed by atoms with Gasteiger partial charge in [0.2, 0.25) is 0 Å². The number of furan rings is 1. The lowest BCUT2D eigenvalue weighted by molar-refractivity contribution is -0.122. The van der Waals surface area contributed by atoms with Crippen molar-refractivity contribution in [1.29, 1.82) is 0 Å². The minimum Gasteiger partial charge on any atom is -0.465 e. The third kappa shape index (κ3) is 4.24. The molecule has 1 aliphatic heterocycles. The van der Waals surface area contributed by atoms with Gasteiger partial charge >= 0.3 is 0 Å². The molecule has 5 heteroatoms. The second kappa shape index (κ2) is 8.08. The van der Waals surface area contributed by atoms with Crippen LogP contribution in [0, 0.1) is 0 Å². The number of hydrogen-bond acceptors (Lipinski definition) is 4. The molecule has 0 bridgehead atoms. The van der Waals surface area contributed by atoms with Crippen molar-refractivity contribution in [2.24, 2.45) is 4.99 Å². The number of aliphatic imine (C=N–C) groups is 1. The Hall–Kier alpha value is -1.49. The number of thioether (sulfide) groups is 1. The number of nitrogens with zero attached hydrogens (tertiary/aromatic N) is 2. The Balaban J connectivity index is 2.15. The average Bonchev–Trinajstić information content (AvgIpc) is 3.08. The second-order valence-corrected chi connectivity index (χ2v) is 5.96. The zero-order valence-electron chi connectivity index (χ0n) is 12.7. The normalized spacial score (nSPS) is 19.1. The fourth-order valence-electron chi connectivity index (χ4n) is 1.97. The van der Waals surface area contributed by atoms with Crippen LogP contribution in [0.1, 0.15) is 45.3 Å². The average molecular weight is 306 g/mol. The maximum absolute atomic E-state index is 12.5. The topological polar surface area (TPSA) is 45.8 Å². The van der Waals surface area contributed by atoms with Crippen LogP contribution in [0.3, 0.4) is 0 Å². The van der Waals surface area contributed by atoms with Crippen molar-refractivity contribution in [2.45, 2.75) is 39.5 Å². The highest BCUT2D eigenvalue weighted by Crippen LogP contribution is 2.32. The maximum atomic E-state index is 12.5. The zero-order valence-corrected chi connectivity index (χ0v) is 13.5. The first-order chi connectivity index (χ1) is 10.3. The Bertz CT molecular complexity index is 520. The van der Waals surface area contributed by atoms with Gasteiger partial charge in [-0.1, -0.05) is 26.7 Å². The number of hydrogen-bond donors (Lipinski definition) is 0. The molecule has 4 nitrogen and oxygen atoms in total. The fourth-order valence-corrected chi connectivity index (χ4v) is 2.98. The summed E-state index contributed by atoms with van der Waals surface area (Å²) in [6.45, 7) is 5.79. The first-order valence-corrected chi connectivity index (χ1v) is 8.37. The van der Waals surface area contributed by atoms with E-state index in [0.717, 1.165) is 43.9 Å². The number of amides is 1. The van der Waals surface area contributed by atoms with Crippen LogP contribution in [0.2, 0.25) is 0 Å². The van der Waals surface area contributed by atoms with E-state index in [2.05, 4.69) is 18.8 Å². The quantitative estimate of drug-likeness (QED) is 0.561. The zero-order chi connectivity index (χ0) is 15.1. The summed E-state index contributed by atoms with van der Waals surface area (Å²) < 4.78 is 5.29. The fraction of sp³-hybridized carbons (Fsp3) is 0.500. The molecular formula is C16H22N2O2S. The highest BCUT2D eigenvalue weighted by atomic mass is 32.2. The van der Waals surface area contributed by atoms with E-state index in [4.69, 9.17) is 4.42 Å². The minimum absolute atomic E-state index is 0.0418. The van der Waals surface area contributed by atoms with Crippen molar-refractivity contribution in [1.82, 2.24) is 4.90 Å². The largest absolute Gasteiger partial charge is 0.465 e. The highest BCUT2D eigenvalue weighted by Gasteiger charge is 2.32. The molecule has 0 N–H and O–H groups in total. The molecule has 0 aromatic carbocycles. The summed E-state index contributed by atoms with van der Waals surface area (Å²) in [4.78, 5) is 19.6. The first kappa shape index (κ1) is 15.9. The van der Waals surface area contributed by atoms with Gasteiger partial charge in [-0.15, -0.1) is 0 Å². The molecule has 0 atom stereocenters. The van der Waals surface area contributed by atoms with E-state index in [1.807, 2.05) is 12.1 Å². The monoisotopic (exact) mass is 306 g/mol. The SMILES string of the molecule is CCCCN=C1S/C(=C/c2ccco2)C(=O)N1CCCC. The molecule has 2 heterocycles. The van der Waals surface area contributed by atoms with E-state index in [9.17, 15) is 4.79 Å². The van der Waals surface area contributed by atoms with E-state index >= 15 is 0 Å². The molecule has 1 fully saturated rings. The van der Waals surface area contributed by atoms with E-state index in [-0.39, 0.29) is 5.91 Å². The van der Waals surface area contributed by atoms with Gasteiger partial charge in [0.05, 0.1) is 11.2 Å². The predicted molar refractivity (Wildman–Crippen MR) is 88.1 cm³/mol. The molecule has 0 aliphatic carbocycles. The predicted octanol–water partition coefficient (Wildman–Crippen LogP) is 4.15. The molecular weight excluding hydrogens is 284 g/mol. The van der Waals surface area contributed by atoms with Crippen molar-refractivity contribution < 1.29 is 9.21 Å². The van der Waals surface area contributed by atoms with Crippen molar-refractivity contribution in [2.75, 3.05) is 13.1 Å². The van der Waals surface area contributed by atoms with Crippen molar-refractivity contribution in [3.8, 4) is 0 Å². The number of carbonyl (C=O) groups excluding carboxylic acids is 1. The van der Waals surface area contributed by atoms with Gasteiger partial charge in [-0.25, -0.2) is 0 Å². The van der Waals surface area contributed by atoms with E-state index in [0.29, 0.717) is 10.7 Å². The Kier molecular flexibility index (Phi) is 6.11. The van der Waals surface area contributed by atoms with Gasteiger partial charge in [0, 0.05) is 19.2 Å². The Morgan fingerprint density at radius 2 is 2.14 bits per heavy atom. The molecule has 1 aliphatic rings. The van der Waals surface area contributed by atoms with Crippen LogP contribution in [0.15, 0.2) is 32.7 Å². The summed E-state index contributed by atoms with van der Waals surface area (Å²) >= 11 is 1.45.